The average molecular weight is 353 g/mol. The number of sulfonamides is 1. The Morgan fingerprint density at radius 2 is 2.14 bits per heavy atom. The lowest BCUT2D eigenvalue weighted by molar-refractivity contribution is 0.564. The van der Waals surface area contributed by atoms with Gasteiger partial charge in [-0.3, -0.25) is 0 Å². The van der Waals surface area contributed by atoms with Gasteiger partial charge in [0.1, 0.15) is 4.21 Å². The molecule has 1 aliphatic rings. The fourth-order valence-corrected chi connectivity index (χ4v) is 6.54. The Hall–Kier alpha value is -0.480. The van der Waals surface area contributed by atoms with E-state index in [-0.39, 0.29) is 15.7 Å². The largest absolute Gasteiger partial charge is 0.312 e. The predicted octanol–water partition coefficient (Wildman–Crippen LogP) is 0.713. The second-order valence-corrected chi connectivity index (χ2v) is 10.5. The van der Waals surface area contributed by atoms with Crippen molar-refractivity contribution in [1.82, 2.24) is 10.0 Å². The maximum atomic E-state index is 12.2. The number of nitrogens with one attached hydrogen (secondary N) is 2. The molecule has 21 heavy (non-hydrogen) atoms. The van der Waals surface area contributed by atoms with E-state index in [0.717, 1.165) is 17.8 Å². The molecule has 1 saturated heterocycles. The van der Waals surface area contributed by atoms with Crippen molar-refractivity contribution in [2.75, 3.05) is 18.1 Å². The first-order valence-corrected chi connectivity index (χ1v) is 11.0. The van der Waals surface area contributed by atoms with Crippen molar-refractivity contribution >= 4 is 31.2 Å². The summed E-state index contributed by atoms with van der Waals surface area (Å²) in [5.74, 6) is -0.0562. The molecule has 0 aromatic carbocycles. The van der Waals surface area contributed by atoms with Gasteiger partial charge in [0.2, 0.25) is 10.0 Å². The van der Waals surface area contributed by atoms with E-state index in [9.17, 15) is 16.8 Å². The molecule has 0 radical (unpaired) electrons. The van der Waals surface area contributed by atoms with Crippen LogP contribution in [0.15, 0.2) is 16.3 Å². The average Bonchev–Trinajstić information content (AvgIpc) is 2.97. The summed E-state index contributed by atoms with van der Waals surface area (Å²) in [4.78, 5) is 0.947. The molecular formula is C12H20N2O4S3. The van der Waals surface area contributed by atoms with Gasteiger partial charge in [0.15, 0.2) is 9.84 Å². The van der Waals surface area contributed by atoms with Crippen LogP contribution in [0, 0.1) is 0 Å². The zero-order valence-electron chi connectivity index (χ0n) is 11.8. The van der Waals surface area contributed by atoms with Crippen LogP contribution in [-0.2, 0) is 26.4 Å². The van der Waals surface area contributed by atoms with Gasteiger partial charge in [0.25, 0.3) is 0 Å². The van der Waals surface area contributed by atoms with Crippen molar-refractivity contribution in [3.63, 3.8) is 0 Å². The fourth-order valence-electron chi connectivity index (χ4n) is 2.15. The second-order valence-electron chi connectivity index (χ2n) is 5.12. The lowest BCUT2D eigenvalue weighted by Crippen LogP contribution is -2.35. The zero-order chi connectivity index (χ0) is 15.5. The van der Waals surface area contributed by atoms with Crippen molar-refractivity contribution in [1.29, 1.82) is 0 Å². The smallest absolute Gasteiger partial charge is 0.250 e. The van der Waals surface area contributed by atoms with Gasteiger partial charge in [-0.2, -0.15) is 0 Å². The van der Waals surface area contributed by atoms with E-state index >= 15 is 0 Å². The van der Waals surface area contributed by atoms with E-state index < -0.39 is 25.9 Å². The monoisotopic (exact) mass is 352 g/mol. The summed E-state index contributed by atoms with van der Waals surface area (Å²) in [6.07, 6.45) is 1.37. The summed E-state index contributed by atoms with van der Waals surface area (Å²) < 4.78 is 49.9. The van der Waals surface area contributed by atoms with Gasteiger partial charge >= 0.3 is 0 Å². The van der Waals surface area contributed by atoms with E-state index in [0.29, 0.717) is 13.0 Å². The maximum absolute atomic E-state index is 12.2. The molecule has 1 aromatic rings. The Morgan fingerprint density at radius 3 is 2.76 bits per heavy atom. The van der Waals surface area contributed by atoms with Gasteiger partial charge in [0.05, 0.1) is 11.5 Å². The first-order chi connectivity index (χ1) is 9.82. The number of hydrogen-bond acceptors (Lipinski definition) is 6. The molecule has 0 aliphatic carbocycles. The molecule has 0 amide bonds. The topological polar surface area (TPSA) is 92.3 Å². The second kappa shape index (κ2) is 6.74. The van der Waals surface area contributed by atoms with Gasteiger partial charge < -0.3 is 5.32 Å². The quantitative estimate of drug-likeness (QED) is 0.705. The van der Waals surface area contributed by atoms with Gasteiger partial charge in [0, 0.05) is 17.5 Å². The van der Waals surface area contributed by atoms with Crippen LogP contribution < -0.4 is 10.0 Å². The molecule has 2 heterocycles. The van der Waals surface area contributed by atoms with E-state index in [2.05, 4.69) is 17.0 Å². The lowest BCUT2D eigenvalue weighted by Gasteiger charge is -2.09. The highest BCUT2D eigenvalue weighted by Crippen LogP contribution is 2.23. The normalized spacial score (nSPS) is 21.7. The summed E-state index contributed by atoms with van der Waals surface area (Å²) >= 11 is 1.21. The molecule has 6 nitrogen and oxygen atoms in total. The van der Waals surface area contributed by atoms with E-state index in [4.69, 9.17) is 0 Å². The van der Waals surface area contributed by atoms with Gasteiger partial charge in [-0.05, 0) is 31.5 Å². The Bertz CT molecular complexity index is 679. The highest BCUT2D eigenvalue weighted by molar-refractivity contribution is 7.92. The minimum absolute atomic E-state index is 0.0524. The maximum Gasteiger partial charge on any atom is 0.250 e. The molecule has 120 valence electrons. The van der Waals surface area contributed by atoms with Gasteiger partial charge in [-0.1, -0.05) is 6.92 Å². The minimum Gasteiger partial charge on any atom is -0.312 e. The van der Waals surface area contributed by atoms with Crippen LogP contribution in [0.1, 0.15) is 24.6 Å². The molecule has 1 atom stereocenters. The van der Waals surface area contributed by atoms with Crippen LogP contribution in [0.25, 0.3) is 0 Å². The molecule has 0 bridgehead atoms. The van der Waals surface area contributed by atoms with Crippen molar-refractivity contribution in [3.8, 4) is 0 Å². The number of rotatable bonds is 7. The molecule has 1 aromatic heterocycles. The van der Waals surface area contributed by atoms with E-state index in [1.165, 1.54) is 11.3 Å². The highest BCUT2D eigenvalue weighted by atomic mass is 32.2. The lowest BCUT2D eigenvalue weighted by atomic mass is 10.3. The zero-order valence-corrected chi connectivity index (χ0v) is 14.3. The first kappa shape index (κ1) is 16.9. The van der Waals surface area contributed by atoms with Crippen LogP contribution in [0.3, 0.4) is 0 Å². The summed E-state index contributed by atoms with van der Waals surface area (Å²) in [6, 6.07) is 2.84. The van der Waals surface area contributed by atoms with Crippen LogP contribution >= 0.6 is 11.3 Å². The summed E-state index contributed by atoms with van der Waals surface area (Å²) in [5, 5.41) is 3.22. The SMILES string of the molecule is CCCNCc1ccc(S(=O)(=O)NC2CCS(=O)(=O)C2)s1. The van der Waals surface area contributed by atoms with Crippen molar-refractivity contribution in [3.05, 3.63) is 17.0 Å². The predicted molar refractivity (Wildman–Crippen MR) is 83.7 cm³/mol. The molecular weight excluding hydrogens is 332 g/mol. The highest BCUT2D eigenvalue weighted by Gasteiger charge is 2.31. The third-order valence-electron chi connectivity index (χ3n) is 3.18. The Morgan fingerprint density at radius 1 is 1.38 bits per heavy atom. The van der Waals surface area contributed by atoms with Gasteiger partial charge in [-0.25, -0.2) is 21.6 Å². The van der Waals surface area contributed by atoms with Crippen LogP contribution in [-0.4, -0.2) is 40.9 Å². The van der Waals surface area contributed by atoms with Crippen LogP contribution in [0.5, 0.6) is 0 Å². The number of thiophene rings is 1. The summed E-state index contributed by atoms with van der Waals surface area (Å²) in [5.41, 5.74) is 0. The first-order valence-electron chi connectivity index (χ1n) is 6.84. The Balaban J connectivity index is 1.99. The molecule has 0 spiro atoms. The molecule has 9 heteroatoms. The molecule has 1 fully saturated rings. The fraction of sp³-hybridized carbons (Fsp3) is 0.667. The summed E-state index contributed by atoms with van der Waals surface area (Å²) in [7, 11) is -6.72. The third kappa shape index (κ3) is 4.75. The van der Waals surface area contributed by atoms with E-state index in [1.54, 1.807) is 12.1 Å². The molecule has 2 rings (SSSR count). The third-order valence-corrected chi connectivity index (χ3v) is 8.05. The molecule has 0 saturated carbocycles. The number of hydrogen-bond donors (Lipinski definition) is 2. The Kier molecular flexibility index (Phi) is 5.42. The summed E-state index contributed by atoms with van der Waals surface area (Å²) in [6.45, 7) is 3.60. The standard InChI is InChI=1S/C12H20N2O4S3/c1-2-6-13-8-11-3-4-12(19-11)21(17,18)14-10-5-7-20(15,16)9-10/h3-4,10,13-14H,2,5-9H2,1H3. The van der Waals surface area contributed by atoms with Crippen molar-refractivity contribution in [2.24, 2.45) is 0 Å². The molecule has 1 unspecified atom stereocenters. The van der Waals surface area contributed by atoms with Crippen molar-refractivity contribution < 1.29 is 16.8 Å². The van der Waals surface area contributed by atoms with Crippen molar-refractivity contribution in [2.45, 2.75) is 36.6 Å². The minimum atomic E-state index is -3.63. The van der Waals surface area contributed by atoms with Crippen LogP contribution in [0.4, 0.5) is 0 Å². The molecule has 2 N–H and O–H groups in total. The van der Waals surface area contributed by atoms with E-state index in [1.807, 2.05) is 0 Å². The van der Waals surface area contributed by atoms with Crippen LogP contribution in [0.2, 0.25) is 0 Å². The molecule has 1 aliphatic heterocycles. The Labute approximate surface area is 129 Å². The number of sulfone groups is 1. The van der Waals surface area contributed by atoms with Gasteiger partial charge in [-0.15, -0.1) is 11.3 Å².